The quantitative estimate of drug-likeness (QED) is 0.693. The lowest BCUT2D eigenvalue weighted by molar-refractivity contribution is 0.0614. The largest absolute Gasteiger partial charge is 0.385 e. The molecule has 9 nitrogen and oxygen atoms in total. The van der Waals surface area contributed by atoms with Crippen LogP contribution < -0.4 is 0 Å². The number of carbonyl (C=O) groups excluding carboxylic acids is 1. The van der Waals surface area contributed by atoms with E-state index in [9.17, 15) is 4.79 Å². The number of carbonyl (C=O) groups is 1. The number of ether oxygens (including phenoxy) is 2. The molecule has 2 saturated heterocycles. The van der Waals surface area contributed by atoms with Gasteiger partial charge in [0.1, 0.15) is 0 Å². The molecule has 0 N–H and O–H groups in total. The lowest BCUT2D eigenvalue weighted by Gasteiger charge is -2.39. The molecule has 0 radical (unpaired) electrons. The Morgan fingerprint density at radius 1 is 1.23 bits per heavy atom. The summed E-state index contributed by atoms with van der Waals surface area (Å²) in [5, 5.41) is 8.80. The number of aryl methyl sites for hydroxylation is 2. The maximum atomic E-state index is 13.2. The predicted octanol–water partition coefficient (Wildman–Crippen LogP) is 2.52. The van der Waals surface area contributed by atoms with Crippen molar-refractivity contribution in [1.82, 2.24) is 24.8 Å². The summed E-state index contributed by atoms with van der Waals surface area (Å²) in [4.78, 5) is 20.0. The molecule has 4 rings (SSSR count). The highest BCUT2D eigenvalue weighted by Gasteiger charge is 2.42. The highest BCUT2D eigenvalue weighted by molar-refractivity contribution is 5.96. The van der Waals surface area contributed by atoms with Crippen molar-refractivity contribution >= 4 is 5.91 Å². The normalized spacial score (nSPS) is 19.7. The number of hydrogen-bond acceptors (Lipinski definition) is 7. The molecule has 4 heterocycles. The third-order valence-corrected chi connectivity index (χ3v) is 7.00. The average molecular weight is 432 g/mol. The van der Waals surface area contributed by atoms with Crippen LogP contribution in [0.1, 0.15) is 71.5 Å². The standard InChI is InChI=1S/C22H33N5O4/c1-15-18(16(2)26(3)24-15)20(28)27-10-7-22(8-11-27,9-14-29-4)21-23-19(31-25-21)17-5-12-30-13-6-17/h17H,5-14H2,1-4H3. The summed E-state index contributed by atoms with van der Waals surface area (Å²) >= 11 is 0. The fourth-order valence-corrected chi connectivity index (χ4v) is 4.82. The van der Waals surface area contributed by atoms with Gasteiger partial charge in [-0.15, -0.1) is 0 Å². The fourth-order valence-electron chi connectivity index (χ4n) is 4.82. The Balaban J connectivity index is 1.51. The SMILES string of the molecule is COCCC1(c2noc(C3CCOCC3)n2)CCN(C(=O)c2c(C)nn(C)c2C)CC1. The van der Waals surface area contributed by atoms with E-state index in [2.05, 4.69) is 10.3 Å². The molecule has 1 amide bonds. The van der Waals surface area contributed by atoms with Crippen molar-refractivity contribution in [2.24, 2.45) is 7.05 Å². The minimum absolute atomic E-state index is 0.0550. The molecule has 2 aromatic rings. The zero-order valence-corrected chi connectivity index (χ0v) is 19.0. The van der Waals surface area contributed by atoms with Crippen LogP contribution in [0.15, 0.2) is 4.52 Å². The van der Waals surface area contributed by atoms with Gasteiger partial charge in [-0.2, -0.15) is 10.1 Å². The van der Waals surface area contributed by atoms with Gasteiger partial charge in [0, 0.05) is 64.1 Å². The number of aromatic nitrogens is 4. The van der Waals surface area contributed by atoms with Crippen molar-refractivity contribution in [2.75, 3.05) is 40.0 Å². The molecule has 0 saturated carbocycles. The highest BCUT2D eigenvalue weighted by atomic mass is 16.5. The van der Waals surface area contributed by atoms with Gasteiger partial charge in [-0.3, -0.25) is 9.48 Å². The Morgan fingerprint density at radius 3 is 2.55 bits per heavy atom. The van der Waals surface area contributed by atoms with Crippen LogP contribution in [0.3, 0.4) is 0 Å². The predicted molar refractivity (Wildman–Crippen MR) is 113 cm³/mol. The first kappa shape index (κ1) is 22.0. The van der Waals surface area contributed by atoms with E-state index < -0.39 is 0 Å². The lowest BCUT2D eigenvalue weighted by atomic mass is 9.75. The molecule has 2 aliphatic heterocycles. The van der Waals surface area contributed by atoms with Crippen molar-refractivity contribution in [3.05, 3.63) is 28.7 Å². The summed E-state index contributed by atoms with van der Waals surface area (Å²) in [6.07, 6.45) is 4.21. The van der Waals surface area contributed by atoms with E-state index in [-0.39, 0.29) is 17.2 Å². The Labute approximate surface area is 183 Å². The molecule has 0 spiro atoms. The summed E-state index contributed by atoms with van der Waals surface area (Å²) in [6.45, 7) is 7.23. The Bertz CT molecular complexity index is 907. The molecule has 170 valence electrons. The average Bonchev–Trinajstić information content (AvgIpc) is 3.38. The molecule has 2 aromatic heterocycles. The van der Waals surface area contributed by atoms with Crippen LogP contribution in [0, 0.1) is 13.8 Å². The third kappa shape index (κ3) is 4.25. The van der Waals surface area contributed by atoms with Crippen LogP contribution in [-0.2, 0) is 21.9 Å². The summed E-state index contributed by atoms with van der Waals surface area (Å²) in [6, 6.07) is 0. The molecule has 2 fully saturated rings. The maximum Gasteiger partial charge on any atom is 0.257 e. The zero-order chi connectivity index (χ0) is 22.0. The van der Waals surface area contributed by atoms with Gasteiger partial charge < -0.3 is 18.9 Å². The third-order valence-electron chi connectivity index (χ3n) is 7.00. The summed E-state index contributed by atoms with van der Waals surface area (Å²) in [5.74, 6) is 1.80. The van der Waals surface area contributed by atoms with E-state index in [1.54, 1.807) is 11.8 Å². The van der Waals surface area contributed by atoms with Gasteiger partial charge in [0.15, 0.2) is 5.82 Å². The highest BCUT2D eigenvalue weighted by Crippen LogP contribution is 2.39. The van der Waals surface area contributed by atoms with Gasteiger partial charge in [0.2, 0.25) is 5.89 Å². The lowest BCUT2D eigenvalue weighted by Crippen LogP contribution is -2.46. The molecule has 0 aromatic carbocycles. The van der Waals surface area contributed by atoms with Gasteiger partial charge in [0.25, 0.3) is 5.91 Å². The minimum Gasteiger partial charge on any atom is -0.385 e. The monoisotopic (exact) mass is 431 g/mol. The van der Waals surface area contributed by atoms with Gasteiger partial charge in [-0.25, -0.2) is 0 Å². The van der Waals surface area contributed by atoms with Gasteiger partial charge >= 0.3 is 0 Å². The maximum absolute atomic E-state index is 13.2. The second-order valence-corrected chi connectivity index (χ2v) is 8.83. The molecule has 0 unspecified atom stereocenters. The van der Waals surface area contributed by atoms with Gasteiger partial charge in [-0.1, -0.05) is 5.16 Å². The Hall–Kier alpha value is -2.26. The van der Waals surface area contributed by atoms with Crippen molar-refractivity contribution in [3.63, 3.8) is 0 Å². The number of hydrogen-bond donors (Lipinski definition) is 0. The molecule has 2 aliphatic rings. The topological polar surface area (TPSA) is 95.5 Å². The van der Waals surface area contributed by atoms with Gasteiger partial charge in [0.05, 0.1) is 11.3 Å². The number of piperidine rings is 1. The van der Waals surface area contributed by atoms with E-state index in [4.69, 9.17) is 19.0 Å². The summed E-state index contributed by atoms with van der Waals surface area (Å²) in [5.41, 5.74) is 2.16. The molecule has 0 bridgehead atoms. The van der Waals surface area contributed by atoms with Crippen LogP contribution in [-0.4, -0.2) is 70.7 Å². The van der Waals surface area contributed by atoms with Crippen molar-refractivity contribution in [1.29, 1.82) is 0 Å². The Morgan fingerprint density at radius 2 is 1.94 bits per heavy atom. The molecular weight excluding hydrogens is 398 g/mol. The summed E-state index contributed by atoms with van der Waals surface area (Å²) < 4.78 is 18.3. The van der Waals surface area contributed by atoms with E-state index in [1.807, 2.05) is 25.8 Å². The van der Waals surface area contributed by atoms with Crippen LogP contribution in [0.4, 0.5) is 0 Å². The van der Waals surface area contributed by atoms with Crippen molar-refractivity contribution in [3.8, 4) is 0 Å². The van der Waals surface area contributed by atoms with Crippen LogP contribution in [0.5, 0.6) is 0 Å². The molecular formula is C22H33N5O4. The van der Waals surface area contributed by atoms with E-state index >= 15 is 0 Å². The number of nitrogens with zero attached hydrogens (tertiary/aromatic N) is 5. The van der Waals surface area contributed by atoms with E-state index in [0.29, 0.717) is 25.3 Å². The molecule has 31 heavy (non-hydrogen) atoms. The number of methoxy groups -OCH3 is 1. The van der Waals surface area contributed by atoms with Crippen molar-refractivity contribution < 1.29 is 18.8 Å². The second-order valence-electron chi connectivity index (χ2n) is 8.83. The van der Waals surface area contributed by atoms with E-state index in [0.717, 1.165) is 68.4 Å². The molecule has 0 aliphatic carbocycles. The first-order chi connectivity index (χ1) is 14.9. The zero-order valence-electron chi connectivity index (χ0n) is 19.0. The first-order valence-corrected chi connectivity index (χ1v) is 11.2. The number of rotatable bonds is 6. The van der Waals surface area contributed by atoms with Crippen LogP contribution in [0.25, 0.3) is 0 Å². The smallest absolute Gasteiger partial charge is 0.257 e. The molecule has 9 heteroatoms. The van der Waals surface area contributed by atoms with Crippen LogP contribution >= 0.6 is 0 Å². The molecule has 0 atom stereocenters. The van der Waals surface area contributed by atoms with E-state index in [1.165, 1.54) is 0 Å². The second kappa shape index (κ2) is 9.08. The summed E-state index contributed by atoms with van der Waals surface area (Å²) in [7, 11) is 3.58. The Kier molecular flexibility index (Phi) is 6.43. The number of likely N-dealkylation sites (tertiary alicyclic amines) is 1. The van der Waals surface area contributed by atoms with Crippen LogP contribution in [0.2, 0.25) is 0 Å². The minimum atomic E-state index is -0.237. The number of amides is 1. The fraction of sp³-hybridized carbons (Fsp3) is 0.727. The van der Waals surface area contributed by atoms with Gasteiger partial charge in [-0.05, 0) is 46.0 Å². The van der Waals surface area contributed by atoms with Crippen molar-refractivity contribution in [2.45, 2.75) is 57.3 Å². The first-order valence-electron chi connectivity index (χ1n) is 11.2.